The molecule has 1 aliphatic rings. The fourth-order valence-electron chi connectivity index (χ4n) is 3.90. The van der Waals surface area contributed by atoms with E-state index in [-0.39, 0.29) is 11.5 Å². The molecule has 1 fully saturated rings. The number of aromatic nitrogens is 1. The Morgan fingerprint density at radius 3 is 2.70 bits per heavy atom. The molecular weight excluding hydrogens is 398 g/mol. The van der Waals surface area contributed by atoms with Crippen LogP contribution in [0.5, 0.6) is 0 Å². The number of anilines is 1. The van der Waals surface area contributed by atoms with Crippen LogP contribution in [-0.4, -0.2) is 42.0 Å². The average molecular weight is 420 g/mol. The van der Waals surface area contributed by atoms with Crippen LogP contribution in [0.2, 0.25) is 0 Å². The van der Waals surface area contributed by atoms with E-state index < -0.39 is 5.63 Å². The van der Waals surface area contributed by atoms with Gasteiger partial charge in [-0.25, -0.2) is 9.78 Å². The minimum absolute atomic E-state index is 0.0923. The van der Waals surface area contributed by atoms with Crippen molar-refractivity contribution in [2.45, 2.75) is 13.3 Å². The van der Waals surface area contributed by atoms with E-state index >= 15 is 0 Å². The maximum Gasteiger partial charge on any atom is 0.349 e. The van der Waals surface area contributed by atoms with Gasteiger partial charge in [-0.05, 0) is 30.2 Å². The summed E-state index contributed by atoms with van der Waals surface area (Å²) in [5, 5.41) is 1.74. The van der Waals surface area contributed by atoms with Crippen molar-refractivity contribution in [1.29, 1.82) is 0 Å². The van der Waals surface area contributed by atoms with Crippen LogP contribution in [0, 0.1) is 0 Å². The molecule has 3 heterocycles. The molecule has 7 heteroatoms. The Hall–Kier alpha value is -3.19. The second kappa shape index (κ2) is 7.57. The fraction of sp³-hybridized carbons (Fsp3) is 0.261. The third kappa shape index (κ3) is 3.25. The van der Waals surface area contributed by atoms with Crippen LogP contribution >= 0.6 is 11.3 Å². The maximum atomic E-state index is 13.0. The number of hydrogen-bond acceptors (Lipinski definition) is 6. The van der Waals surface area contributed by atoms with E-state index in [1.54, 1.807) is 34.4 Å². The van der Waals surface area contributed by atoms with Gasteiger partial charge in [-0.3, -0.25) is 4.79 Å². The van der Waals surface area contributed by atoms with Crippen molar-refractivity contribution in [3.63, 3.8) is 0 Å². The van der Waals surface area contributed by atoms with Gasteiger partial charge in [-0.15, -0.1) is 0 Å². The van der Waals surface area contributed by atoms with Crippen LogP contribution in [0.4, 0.5) is 5.13 Å². The van der Waals surface area contributed by atoms with E-state index in [4.69, 9.17) is 9.40 Å². The van der Waals surface area contributed by atoms with E-state index in [9.17, 15) is 9.59 Å². The zero-order chi connectivity index (χ0) is 20.7. The van der Waals surface area contributed by atoms with Gasteiger partial charge in [0.05, 0.1) is 10.2 Å². The molecule has 30 heavy (non-hydrogen) atoms. The summed E-state index contributed by atoms with van der Waals surface area (Å²) in [7, 11) is 0. The molecule has 1 amide bonds. The highest BCUT2D eigenvalue weighted by Crippen LogP contribution is 2.31. The summed E-state index contributed by atoms with van der Waals surface area (Å²) < 4.78 is 6.52. The minimum Gasteiger partial charge on any atom is -0.422 e. The zero-order valence-electron chi connectivity index (χ0n) is 16.6. The first-order chi connectivity index (χ1) is 14.6. The van der Waals surface area contributed by atoms with Crippen molar-refractivity contribution in [3.8, 4) is 0 Å². The molecule has 0 radical (unpaired) electrons. The van der Waals surface area contributed by atoms with Crippen LogP contribution < -0.4 is 10.5 Å². The van der Waals surface area contributed by atoms with Crippen LogP contribution in [0.1, 0.15) is 22.8 Å². The first-order valence-corrected chi connectivity index (χ1v) is 10.9. The van der Waals surface area contributed by atoms with Crippen molar-refractivity contribution < 1.29 is 9.21 Å². The highest BCUT2D eigenvalue weighted by atomic mass is 32.1. The number of benzene rings is 2. The molecule has 0 saturated carbocycles. The number of thiazole rings is 1. The van der Waals surface area contributed by atoms with Crippen molar-refractivity contribution in [2.24, 2.45) is 0 Å². The van der Waals surface area contributed by atoms with Gasteiger partial charge in [-0.1, -0.05) is 48.6 Å². The maximum absolute atomic E-state index is 13.0. The first-order valence-electron chi connectivity index (χ1n) is 10.1. The van der Waals surface area contributed by atoms with Crippen molar-refractivity contribution in [2.75, 3.05) is 31.1 Å². The number of hydrogen-bond donors (Lipinski definition) is 0. The molecule has 0 atom stereocenters. The van der Waals surface area contributed by atoms with Crippen LogP contribution in [-0.2, 0) is 6.42 Å². The zero-order valence-corrected chi connectivity index (χ0v) is 17.4. The fourth-order valence-corrected chi connectivity index (χ4v) is 4.96. The lowest BCUT2D eigenvalue weighted by molar-refractivity contribution is 0.0742. The number of aryl methyl sites for hydroxylation is 1. The summed E-state index contributed by atoms with van der Waals surface area (Å²) in [6.07, 6.45) is 0.955. The second-order valence-corrected chi connectivity index (χ2v) is 8.39. The van der Waals surface area contributed by atoms with Gasteiger partial charge >= 0.3 is 5.63 Å². The average Bonchev–Trinajstić information content (AvgIpc) is 3.23. The topological polar surface area (TPSA) is 66.7 Å². The third-order valence-corrected chi connectivity index (χ3v) is 6.66. The number of piperazine rings is 1. The van der Waals surface area contributed by atoms with Gasteiger partial charge in [0.1, 0.15) is 11.1 Å². The molecule has 0 N–H and O–H groups in total. The van der Waals surface area contributed by atoms with Gasteiger partial charge in [-0.2, -0.15) is 0 Å². The Bertz CT molecular complexity index is 1300. The molecule has 4 aromatic rings. The molecule has 0 bridgehead atoms. The molecule has 1 saturated heterocycles. The number of carbonyl (C=O) groups excluding carboxylic acids is 1. The SMILES string of the molecule is CCc1cccc2sc(N3CCN(C(=O)c4cc5ccccc5oc4=O)CC3)nc12. The summed E-state index contributed by atoms with van der Waals surface area (Å²) >= 11 is 1.69. The standard InChI is InChI=1S/C23H21N3O3S/c1-2-15-7-5-9-19-20(15)24-23(30-19)26-12-10-25(11-13-26)21(27)17-14-16-6-3-4-8-18(16)29-22(17)28/h3-9,14H,2,10-13H2,1H3. The Kier molecular flexibility index (Phi) is 4.75. The van der Waals surface area contributed by atoms with Crippen molar-refractivity contribution in [3.05, 3.63) is 70.1 Å². The van der Waals surface area contributed by atoms with Crippen LogP contribution in [0.25, 0.3) is 21.2 Å². The Morgan fingerprint density at radius 2 is 1.90 bits per heavy atom. The molecule has 0 spiro atoms. The largest absolute Gasteiger partial charge is 0.422 e. The second-order valence-electron chi connectivity index (χ2n) is 7.38. The van der Waals surface area contributed by atoms with Gasteiger partial charge in [0.2, 0.25) is 0 Å². The van der Waals surface area contributed by atoms with E-state index in [1.165, 1.54) is 10.3 Å². The quantitative estimate of drug-likeness (QED) is 0.471. The van der Waals surface area contributed by atoms with E-state index in [1.807, 2.05) is 12.1 Å². The molecule has 0 aliphatic carbocycles. The van der Waals surface area contributed by atoms with E-state index in [0.717, 1.165) is 22.5 Å². The molecule has 152 valence electrons. The lowest BCUT2D eigenvalue weighted by Gasteiger charge is -2.34. The summed E-state index contributed by atoms with van der Waals surface area (Å²) in [5.74, 6) is -0.272. The van der Waals surface area contributed by atoms with Gasteiger partial charge in [0.25, 0.3) is 5.91 Å². The normalized spacial score (nSPS) is 14.6. The number of nitrogens with zero attached hydrogens (tertiary/aromatic N) is 3. The molecule has 1 aliphatic heterocycles. The molecular formula is C23H21N3O3S. The molecule has 6 nitrogen and oxygen atoms in total. The van der Waals surface area contributed by atoms with Gasteiger partial charge < -0.3 is 14.2 Å². The first kappa shape index (κ1) is 18.8. The predicted octanol–water partition coefficient (Wildman–Crippen LogP) is 3.93. The Balaban J connectivity index is 1.34. The predicted molar refractivity (Wildman–Crippen MR) is 120 cm³/mol. The molecule has 5 rings (SSSR count). The number of carbonyl (C=O) groups is 1. The number of para-hydroxylation sites is 2. The monoisotopic (exact) mass is 419 g/mol. The third-order valence-electron chi connectivity index (χ3n) is 5.58. The molecule has 0 unspecified atom stereocenters. The smallest absolute Gasteiger partial charge is 0.349 e. The van der Waals surface area contributed by atoms with Crippen LogP contribution in [0.3, 0.4) is 0 Å². The number of rotatable bonds is 3. The summed E-state index contributed by atoms with van der Waals surface area (Å²) in [4.78, 5) is 34.1. The summed E-state index contributed by atoms with van der Waals surface area (Å²) in [6.45, 7) is 4.60. The van der Waals surface area contributed by atoms with Gasteiger partial charge in [0, 0.05) is 31.6 Å². The lowest BCUT2D eigenvalue weighted by Crippen LogP contribution is -2.49. The molecule has 2 aromatic carbocycles. The van der Waals surface area contributed by atoms with E-state index in [2.05, 4.69) is 30.0 Å². The Labute approximate surface area is 177 Å². The highest BCUT2D eigenvalue weighted by Gasteiger charge is 2.26. The van der Waals surface area contributed by atoms with Crippen molar-refractivity contribution >= 4 is 43.6 Å². The van der Waals surface area contributed by atoms with Gasteiger partial charge in [0.15, 0.2) is 5.13 Å². The van der Waals surface area contributed by atoms with Crippen molar-refractivity contribution in [1.82, 2.24) is 9.88 Å². The lowest BCUT2D eigenvalue weighted by atomic mass is 10.1. The summed E-state index contributed by atoms with van der Waals surface area (Å²) in [5.41, 5.74) is 2.33. The number of amides is 1. The minimum atomic E-state index is -0.584. The highest BCUT2D eigenvalue weighted by molar-refractivity contribution is 7.22. The summed E-state index contributed by atoms with van der Waals surface area (Å²) in [6, 6.07) is 15.2. The molecule has 2 aromatic heterocycles. The Morgan fingerprint density at radius 1 is 1.10 bits per heavy atom. The van der Waals surface area contributed by atoms with Crippen LogP contribution in [0.15, 0.2) is 57.7 Å². The number of fused-ring (bicyclic) bond motifs is 2. The van der Waals surface area contributed by atoms with E-state index in [0.29, 0.717) is 31.8 Å².